The Morgan fingerprint density at radius 1 is 1.00 bits per heavy atom. The zero-order valence-electron chi connectivity index (χ0n) is 19.1. The second kappa shape index (κ2) is 11.5. The van der Waals surface area contributed by atoms with Gasteiger partial charge < -0.3 is 9.47 Å². The summed E-state index contributed by atoms with van der Waals surface area (Å²) in [6.45, 7) is 7.47. The maximum absolute atomic E-state index is 13.9. The molecule has 0 amide bonds. The van der Waals surface area contributed by atoms with E-state index in [2.05, 4.69) is 4.99 Å². The predicted molar refractivity (Wildman–Crippen MR) is 115 cm³/mol. The van der Waals surface area contributed by atoms with E-state index < -0.39 is 47.5 Å². The first-order valence-corrected chi connectivity index (χ1v) is 11.2. The third-order valence-electron chi connectivity index (χ3n) is 5.76. The topological polar surface area (TPSA) is 65.0 Å². The van der Waals surface area contributed by atoms with Crippen LogP contribution < -0.4 is 0 Å². The zero-order valence-corrected chi connectivity index (χ0v) is 19.1. The van der Waals surface area contributed by atoms with Gasteiger partial charge in [-0.1, -0.05) is 44.9 Å². The first-order chi connectivity index (χ1) is 15.1. The van der Waals surface area contributed by atoms with Gasteiger partial charge in [0.25, 0.3) is 0 Å². The lowest BCUT2D eigenvalue weighted by Crippen LogP contribution is -2.46. The minimum Gasteiger partial charge on any atom is -0.465 e. The minimum atomic E-state index is -4.64. The van der Waals surface area contributed by atoms with Gasteiger partial charge in [-0.2, -0.15) is 13.2 Å². The molecule has 178 valence electrons. The fourth-order valence-electron chi connectivity index (χ4n) is 4.15. The largest absolute Gasteiger partial charge is 0.465 e. The molecule has 1 aromatic carbocycles. The van der Waals surface area contributed by atoms with Crippen molar-refractivity contribution in [2.24, 2.45) is 16.8 Å². The smallest absolute Gasteiger partial charge is 0.416 e. The molecule has 8 heteroatoms. The summed E-state index contributed by atoms with van der Waals surface area (Å²) in [4.78, 5) is 30.5. The summed E-state index contributed by atoms with van der Waals surface area (Å²) in [7, 11) is 0. The van der Waals surface area contributed by atoms with Crippen LogP contribution in [-0.2, 0) is 25.2 Å². The third-order valence-corrected chi connectivity index (χ3v) is 5.76. The average Bonchev–Trinajstić information content (AvgIpc) is 2.72. The molecular weight excluding hydrogens is 423 g/mol. The number of esters is 2. The molecule has 1 aliphatic rings. The first kappa shape index (κ1) is 25.9. The lowest BCUT2D eigenvalue weighted by atomic mass is 9.69. The van der Waals surface area contributed by atoms with Gasteiger partial charge in [0.15, 0.2) is 0 Å². The molecule has 0 bridgehead atoms. The van der Waals surface area contributed by atoms with Crippen molar-refractivity contribution in [3.05, 3.63) is 35.4 Å². The molecule has 1 heterocycles. The summed E-state index contributed by atoms with van der Waals surface area (Å²) in [5, 5.41) is 0. The molecule has 0 saturated carbocycles. The highest BCUT2D eigenvalue weighted by atomic mass is 19.4. The summed E-state index contributed by atoms with van der Waals surface area (Å²) in [5.41, 5.74) is -0.626. The number of ether oxygens (including phenoxy) is 2. The van der Waals surface area contributed by atoms with Crippen LogP contribution >= 0.6 is 0 Å². The second-order valence-electron chi connectivity index (χ2n) is 8.17. The first-order valence-electron chi connectivity index (χ1n) is 11.2. The Hall–Kier alpha value is -2.38. The quantitative estimate of drug-likeness (QED) is 0.361. The third kappa shape index (κ3) is 6.11. The van der Waals surface area contributed by atoms with E-state index >= 15 is 0 Å². The van der Waals surface area contributed by atoms with Crippen LogP contribution in [0.5, 0.6) is 0 Å². The normalized spacial score (nSPS) is 23.4. The summed E-state index contributed by atoms with van der Waals surface area (Å²) >= 11 is 0. The number of hydrogen-bond donors (Lipinski definition) is 0. The van der Waals surface area contributed by atoms with E-state index in [1.54, 1.807) is 13.8 Å². The van der Waals surface area contributed by atoms with Crippen molar-refractivity contribution in [2.75, 3.05) is 13.2 Å². The van der Waals surface area contributed by atoms with Gasteiger partial charge in [-0.15, -0.1) is 0 Å². The number of unbranched alkanes of at least 4 members (excludes halogenated alkanes) is 2. The van der Waals surface area contributed by atoms with Crippen LogP contribution in [0.2, 0.25) is 0 Å². The maximum Gasteiger partial charge on any atom is 0.416 e. The number of carbonyl (C=O) groups is 2. The predicted octanol–water partition coefficient (Wildman–Crippen LogP) is 5.57. The highest BCUT2D eigenvalue weighted by Crippen LogP contribution is 2.45. The molecule has 2 rings (SSSR count). The molecule has 32 heavy (non-hydrogen) atoms. The monoisotopic (exact) mass is 455 g/mol. The molecule has 1 aliphatic heterocycles. The lowest BCUT2D eigenvalue weighted by Gasteiger charge is -2.38. The van der Waals surface area contributed by atoms with Gasteiger partial charge >= 0.3 is 18.1 Å². The van der Waals surface area contributed by atoms with Crippen molar-refractivity contribution in [1.82, 2.24) is 0 Å². The molecule has 0 radical (unpaired) electrons. The second-order valence-corrected chi connectivity index (χ2v) is 8.17. The van der Waals surface area contributed by atoms with Crippen LogP contribution in [0.3, 0.4) is 0 Å². The van der Waals surface area contributed by atoms with Crippen molar-refractivity contribution in [1.29, 1.82) is 0 Å². The van der Waals surface area contributed by atoms with Gasteiger partial charge in [0.2, 0.25) is 0 Å². The zero-order chi connectivity index (χ0) is 23.9. The Morgan fingerprint density at radius 2 is 1.56 bits per heavy atom. The fourth-order valence-corrected chi connectivity index (χ4v) is 4.15. The van der Waals surface area contributed by atoms with E-state index in [1.165, 1.54) is 18.2 Å². The molecule has 0 N–H and O–H groups in total. The van der Waals surface area contributed by atoms with Crippen LogP contribution in [0.1, 0.15) is 70.4 Å². The van der Waals surface area contributed by atoms with E-state index in [0.717, 1.165) is 18.9 Å². The number of hydrogen-bond acceptors (Lipinski definition) is 5. The molecule has 1 aromatic rings. The van der Waals surface area contributed by atoms with Crippen LogP contribution in [0.4, 0.5) is 13.2 Å². The van der Waals surface area contributed by atoms with E-state index in [4.69, 9.17) is 9.47 Å². The summed E-state index contributed by atoms with van der Waals surface area (Å²) in [6, 6.07) is 4.44. The van der Waals surface area contributed by atoms with E-state index in [-0.39, 0.29) is 18.8 Å². The Balaban J connectivity index is 2.58. The van der Waals surface area contributed by atoms with Crippen LogP contribution in [0.25, 0.3) is 0 Å². The molecule has 4 unspecified atom stereocenters. The van der Waals surface area contributed by atoms with Gasteiger partial charge in [-0.05, 0) is 38.3 Å². The van der Waals surface area contributed by atoms with Crippen LogP contribution in [0, 0.1) is 11.8 Å². The molecule has 5 nitrogen and oxygen atoms in total. The van der Waals surface area contributed by atoms with Gasteiger partial charge in [-0.25, -0.2) is 0 Å². The van der Waals surface area contributed by atoms with Gasteiger partial charge in [-0.3, -0.25) is 14.6 Å². The average molecular weight is 456 g/mol. The van der Waals surface area contributed by atoms with E-state index in [1.807, 2.05) is 13.8 Å². The van der Waals surface area contributed by atoms with Crippen molar-refractivity contribution >= 4 is 17.7 Å². The number of benzene rings is 1. The Bertz CT molecular complexity index is 822. The molecule has 0 aliphatic carbocycles. The SMILES string of the molecule is CCCCOC(=O)C1C(C)=NC(C)C(C(=O)OCCCC)C1c1ccccc1C(F)(F)F. The Kier molecular flexibility index (Phi) is 9.28. The number of rotatable bonds is 9. The van der Waals surface area contributed by atoms with E-state index in [0.29, 0.717) is 18.6 Å². The molecule has 0 spiro atoms. The number of nitrogens with zero attached hydrogens (tertiary/aromatic N) is 1. The van der Waals surface area contributed by atoms with Gasteiger partial charge in [0.05, 0.1) is 30.7 Å². The summed E-state index contributed by atoms with van der Waals surface area (Å²) in [6.07, 6.45) is -1.76. The highest BCUT2D eigenvalue weighted by Gasteiger charge is 2.50. The van der Waals surface area contributed by atoms with Crippen molar-refractivity contribution in [3.63, 3.8) is 0 Å². The van der Waals surface area contributed by atoms with Crippen molar-refractivity contribution < 1.29 is 32.2 Å². The van der Waals surface area contributed by atoms with E-state index in [9.17, 15) is 22.8 Å². The van der Waals surface area contributed by atoms with Crippen molar-refractivity contribution in [3.8, 4) is 0 Å². The lowest BCUT2D eigenvalue weighted by molar-refractivity contribution is -0.155. The van der Waals surface area contributed by atoms with Crippen LogP contribution in [-0.4, -0.2) is 36.9 Å². The number of alkyl halides is 3. The summed E-state index contributed by atoms with van der Waals surface area (Å²) in [5.74, 6) is -4.54. The number of halogens is 3. The maximum atomic E-state index is 13.9. The molecular formula is C24H32F3NO4. The highest BCUT2D eigenvalue weighted by molar-refractivity contribution is 6.03. The van der Waals surface area contributed by atoms with Crippen LogP contribution in [0.15, 0.2) is 29.3 Å². The number of aliphatic imine (C=N–C) groups is 1. The molecule has 0 saturated heterocycles. The standard InChI is InChI=1S/C24H32F3NO4/c1-5-7-13-31-22(29)19-15(3)28-16(4)20(23(30)32-14-8-6-2)21(19)17-11-9-10-12-18(17)24(25,26)27/h9-12,15,19-21H,5-8,13-14H2,1-4H3. The van der Waals surface area contributed by atoms with Crippen molar-refractivity contribution in [2.45, 2.75) is 71.5 Å². The fraction of sp³-hybridized carbons (Fsp3) is 0.625. The summed E-state index contributed by atoms with van der Waals surface area (Å²) < 4.78 is 52.4. The molecule has 0 aromatic heterocycles. The van der Waals surface area contributed by atoms with Gasteiger partial charge in [0.1, 0.15) is 5.92 Å². The number of carbonyl (C=O) groups excluding carboxylic acids is 2. The molecule has 0 fully saturated rings. The Labute approximate surface area is 187 Å². The molecule has 4 atom stereocenters. The Morgan fingerprint density at radius 3 is 2.12 bits per heavy atom. The van der Waals surface area contributed by atoms with Gasteiger partial charge in [0, 0.05) is 11.6 Å². The minimum absolute atomic E-state index is 0.115.